The second-order valence-electron chi connectivity index (χ2n) is 5.30. The van der Waals surface area contributed by atoms with Gasteiger partial charge in [-0.2, -0.15) is 4.80 Å². The minimum absolute atomic E-state index is 0.120. The maximum atomic E-state index is 12.8. The standard InChI is InChI=1S/C17H16N6OS/c1-23-21-16(20-22-23)19-17(25)18-15(24)14(12-8-4-2-5-9-12)13-10-6-3-7-11-13/h2-11,14H,1H3,(H2,18,19,21,24,25). The maximum absolute atomic E-state index is 12.8. The highest BCUT2D eigenvalue weighted by atomic mass is 32.1. The van der Waals surface area contributed by atoms with E-state index < -0.39 is 5.92 Å². The minimum atomic E-state index is -0.475. The number of aryl methyl sites for hydroxylation is 1. The lowest BCUT2D eigenvalue weighted by Crippen LogP contribution is -2.38. The quantitative estimate of drug-likeness (QED) is 0.697. The van der Waals surface area contributed by atoms with Crippen LogP contribution in [0.25, 0.3) is 0 Å². The van der Waals surface area contributed by atoms with Crippen molar-refractivity contribution in [3.05, 3.63) is 71.8 Å². The van der Waals surface area contributed by atoms with Gasteiger partial charge in [-0.05, 0) is 28.6 Å². The number of anilines is 1. The summed E-state index contributed by atoms with van der Waals surface area (Å²) in [5.74, 6) is -0.487. The van der Waals surface area contributed by atoms with Crippen molar-refractivity contribution >= 4 is 29.2 Å². The molecule has 0 radical (unpaired) electrons. The number of carbonyl (C=O) groups is 1. The molecule has 0 aliphatic carbocycles. The third kappa shape index (κ3) is 4.24. The zero-order valence-corrected chi connectivity index (χ0v) is 14.3. The van der Waals surface area contributed by atoms with Crippen LogP contribution in [0.1, 0.15) is 17.0 Å². The molecule has 0 saturated carbocycles. The lowest BCUT2D eigenvalue weighted by molar-refractivity contribution is -0.120. The van der Waals surface area contributed by atoms with Crippen LogP contribution in [0.15, 0.2) is 60.7 Å². The summed E-state index contributed by atoms with van der Waals surface area (Å²) in [6, 6.07) is 19.1. The van der Waals surface area contributed by atoms with E-state index in [-0.39, 0.29) is 17.0 Å². The van der Waals surface area contributed by atoms with Crippen LogP contribution < -0.4 is 10.6 Å². The fraction of sp³-hybridized carbons (Fsp3) is 0.118. The first kappa shape index (κ1) is 16.7. The molecule has 7 nitrogen and oxygen atoms in total. The molecule has 0 atom stereocenters. The lowest BCUT2D eigenvalue weighted by atomic mass is 9.90. The van der Waals surface area contributed by atoms with Crippen LogP contribution >= 0.6 is 12.2 Å². The molecule has 0 aliphatic rings. The van der Waals surface area contributed by atoms with Crippen LogP contribution in [0.5, 0.6) is 0 Å². The number of nitrogens with one attached hydrogen (secondary N) is 2. The summed E-state index contributed by atoms with van der Waals surface area (Å²) in [7, 11) is 1.64. The number of tetrazole rings is 1. The average molecular weight is 352 g/mol. The number of nitrogens with zero attached hydrogens (tertiary/aromatic N) is 4. The van der Waals surface area contributed by atoms with Gasteiger partial charge in [0.1, 0.15) is 0 Å². The van der Waals surface area contributed by atoms with Crippen molar-refractivity contribution in [2.24, 2.45) is 7.05 Å². The molecule has 126 valence electrons. The van der Waals surface area contributed by atoms with Crippen LogP contribution in [0.4, 0.5) is 5.95 Å². The van der Waals surface area contributed by atoms with Gasteiger partial charge in [0, 0.05) is 0 Å². The van der Waals surface area contributed by atoms with Gasteiger partial charge in [0.05, 0.1) is 13.0 Å². The number of thiocarbonyl (C=S) groups is 1. The molecule has 1 amide bonds. The van der Waals surface area contributed by atoms with Crippen molar-refractivity contribution in [2.75, 3.05) is 5.32 Å². The number of aromatic nitrogens is 4. The molecule has 1 aromatic heterocycles. The number of benzene rings is 2. The SMILES string of the molecule is Cn1nnc(NC(=S)NC(=O)C(c2ccccc2)c2ccccc2)n1. The van der Waals surface area contributed by atoms with Crippen LogP contribution in [-0.2, 0) is 11.8 Å². The Labute approximate surface area is 150 Å². The van der Waals surface area contributed by atoms with Crippen molar-refractivity contribution in [3.63, 3.8) is 0 Å². The predicted octanol–water partition coefficient (Wildman–Crippen LogP) is 1.86. The van der Waals surface area contributed by atoms with Crippen molar-refractivity contribution in [1.82, 2.24) is 25.5 Å². The Balaban J connectivity index is 1.79. The van der Waals surface area contributed by atoms with Gasteiger partial charge in [0.2, 0.25) is 5.91 Å². The van der Waals surface area contributed by atoms with Gasteiger partial charge < -0.3 is 5.32 Å². The van der Waals surface area contributed by atoms with Crippen molar-refractivity contribution in [1.29, 1.82) is 0 Å². The lowest BCUT2D eigenvalue weighted by Gasteiger charge is -2.18. The number of rotatable bonds is 4. The van der Waals surface area contributed by atoms with Gasteiger partial charge in [0.25, 0.3) is 5.95 Å². The molecule has 0 unspecified atom stereocenters. The molecule has 0 fully saturated rings. The largest absolute Gasteiger partial charge is 0.302 e. The van der Waals surface area contributed by atoms with E-state index in [0.717, 1.165) is 11.1 Å². The Morgan fingerprint density at radius 2 is 1.60 bits per heavy atom. The van der Waals surface area contributed by atoms with E-state index in [1.807, 2.05) is 60.7 Å². The Bertz CT molecular complexity index is 826. The van der Waals surface area contributed by atoms with Crippen LogP contribution in [0.3, 0.4) is 0 Å². The first-order valence-corrected chi connectivity index (χ1v) is 8.00. The monoisotopic (exact) mass is 352 g/mol. The van der Waals surface area contributed by atoms with E-state index in [1.165, 1.54) is 4.80 Å². The summed E-state index contributed by atoms with van der Waals surface area (Å²) in [6.07, 6.45) is 0. The molecule has 2 N–H and O–H groups in total. The molecule has 8 heteroatoms. The minimum Gasteiger partial charge on any atom is -0.302 e. The molecule has 3 aromatic rings. The smallest absolute Gasteiger partial charge is 0.269 e. The molecule has 2 aromatic carbocycles. The van der Waals surface area contributed by atoms with E-state index in [9.17, 15) is 4.79 Å². The first-order chi connectivity index (χ1) is 12.1. The van der Waals surface area contributed by atoms with E-state index in [0.29, 0.717) is 0 Å². The zero-order valence-electron chi connectivity index (χ0n) is 13.5. The maximum Gasteiger partial charge on any atom is 0.269 e. The van der Waals surface area contributed by atoms with Gasteiger partial charge in [-0.15, -0.1) is 5.10 Å². The van der Waals surface area contributed by atoms with Crippen LogP contribution in [-0.4, -0.2) is 31.2 Å². The summed E-state index contributed by atoms with van der Waals surface area (Å²) in [5.41, 5.74) is 1.76. The molecular formula is C17H16N6OS. The second kappa shape index (κ2) is 7.63. The van der Waals surface area contributed by atoms with E-state index >= 15 is 0 Å². The summed E-state index contributed by atoms with van der Waals surface area (Å²) >= 11 is 5.18. The average Bonchev–Trinajstić information content (AvgIpc) is 3.01. The fourth-order valence-corrected chi connectivity index (χ4v) is 2.63. The summed E-state index contributed by atoms with van der Waals surface area (Å²) in [6.45, 7) is 0. The fourth-order valence-electron chi connectivity index (χ4n) is 2.44. The third-order valence-electron chi connectivity index (χ3n) is 3.50. The molecule has 0 saturated heterocycles. The highest BCUT2D eigenvalue weighted by Crippen LogP contribution is 2.24. The molecule has 3 rings (SSSR count). The van der Waals surface area contributed by atoms with Gasteiger partial charge in [0.15, 0.2) is 5.11 Å². The Morgan fingerprint density at radius 3 is 2.08 bits per heavy atom. The summed E-state index contributed by atoms with van der Waals surface area (Å²) in [4.78, 5) is 14.1. The first-order valence-electron chi connectivity index (χ1n) is 7.59. The van der Waals surface area contributed by atoms with Gasteiger partial charge in [-0.25, -0.2) is 0 Å². The number of hydrogen-bond acceptors (Lipinski definition) is 5. The number of amides is 1. The normalized spacial score (nSPS) is 10.5. The summed E-state index contributed by atoms with van der Waals surface area (Å²) in [5, 5.41) is 17.0. The summed E-state index contributed by atoms with van der Waals surface area (Å²) < 4.78 is 0. The highest BCUT2D eigenvalue weighted by Gasteiger charge is 2.23. The topological polar surface area (TPSA) is 84.7 Å². The van der Waals surface area contributed by atoms with Crippen molar-refractivity contribution in [3.8, 4) is 0 Å². The Kier molecular flexibility index (Phi) is 5.10. The molecule has 0 bridgehead atoms. The molecule has 0 spiro atoms. The van der Waals surface area contributed by atoms with E-state index in [1.54, 1.807) is 7.05 Å². The third-order valence-corrected chi connectivity index (χ3v) is 3.70. The predicted molar refractivity (Wildman–Crippen MR) is 97.9 cm³/mol. The van der Waals surface area contributed by atoms with Gasteiger partial charge in [-0.1, -0.05) is 65.8 Å². The van der Waals surface area contributed by atoms with Crippen LogP contribution in [0.2, 0.25) is 0 Å². The number of hydrogen-bond donors (Lipinski definition) is 2. The zero-order chi connectivity index (χ0) is 17.6. The molecule has 25 heavy (non-hydrogen) atoms. The number of carbonyl (C=O) groups excluding carboxylic acids is 1. The second-order valence-corrected chi connectivity index (χ2v) is 5.71. The van der Waals surface area contributed by atoms with Crippen LogP contribution in [0, 0.1) is 0 Å². The van der Waals surface area contributed by atoms with Crippen molar-refractivity contribution in [2.45, 2.75) is 5.92 Å². The molecule has 1 heterocycles. The molecular weight excluding hydrogens is 336 g/mol. The highest BCUT2D eigenvalue weighted by molar-refractivity contribution is 7.80. The molecule has 0 aliphatic heterocycles. The Morgan fingerprint density at radius 1 is 1.04 bits per heavy atom. The van der Waals surface area contributed by atoms with E-state index in [4.69, 9.17) is 12.2 Å². The van der Waals surface area contributed by atoms with Gasteiger partial charge in [-0.3, -0.25) is 10.1 Å². The van der Waals surface area contributed by atoms with E-state index in [2.05, 4.69) is 26.0 Å². The van der Waals surface area contributed by atoms with Crippen molar-refractivity contribution < 1.29 is 4.79 Å². The van der Waals surface area contributed by atoms with Gasteiger partial charge >= 0.3 is 0 Å². The Hall–Kier alpha value is -3.13.